The van der Waals surface area contributed by atoms with Crippen LogP contribution in [0.15, 0.2) is 18.2 Å². The molecule has 0 fully saturated rings. The summed E-state index contributed by atoms with van der Waals surface area (Å²) in [5.41, 5.74) is -0.165. The molecule has 0 bridgehead atoms. The molecule has 0 aliphatic rings. The Bertz CT molecular complexity index is 410. The topological polar surface area (TPSA) is 12.0 Å². The van der Waals surface area contributed by atoms with E-state index in [0.29, 0.717) is 17.9 Å². The second-order valence-corrected chi connectivity index (χ2v) is 5.20. The standard InChI is InChI=1S/C13H16Cl2F3N.ClH/c1-9(19-6-2-5-14)7-10-3-4-12(15)11(8-10)13(16,17)18;/h3-4,8-9,19H,2,5-7H2,1H3;1H. The first-order valence-corrected chi connectivity index (χ1v) is 6.91. The average molecular weight is 351 g/mol. The maximum atomic E-state index is 12.7. The van der Waals surface area contributed by atoms with Gasteiger partial charge in [-0.3, -0.25) is 0 Å². The zero-order valence-electron chi connectivity index (χ0n) is 10.9. The van der Waals surface area contributed by atoms with Crippen LogP contribution in [0.1, 0.15) is 24.5 Å². The first kappa shape index (κ1) is 19.8. The third-order valence-corrected chi connectivity index (χ3v) is 3.28. The van der Waals surface area contributed by atoms with Crippen molar-refractivity contribution in [3.63, 3.8) is 0 Å². The van der Waals surface area contributed by atoms with E-state index in [1.54, 1.807) is 6.07 Å². The number of nitrogens with one attached hydrogen (secondary N) is 1. The number of hydrogen-bond donors (Lipinski definition) is 1. The van der Waals surface area contributed by atoms with E-state index in [4.69, 9.17) is 23.2 Å². The van der Waals surface area contributed by atoms with Crippen molar-refractivity contribution in [3.05, 3.63) is 34.3 Å². The summed E-state index contributed by atoms with van der Waals surface area (Å²) in [6.45, 7) is 2.68. The molecule has 1 nitrogen and oxygen atoms in total. The fraction of sp³-hybridized carbons (Fsp3) is 0.538. The van der Waals surface area contributed by atoms with Crippen LogP contribution in [0, 0.1) is 0 Å². The van der Waals surface area contributed by atoms with E-state index in [9.17, 15) is 13.2 Å². The molecule has 0 saturated carbocycles. The minimum atomic E-state index is -4.41. The summed E-state index contributed by atoms with van der Waals surface area (Å²) in [6, 6.07) is 4.12. The van der Waals surface area contributed by atoms with Gasteiger partial charge in [-0.2, -0.15) is 13.2 Å². The van der Waals surface area contributed by atoms with Gasteiger partial charge in [0.2, 0.25) is 0 Å². The second kappa shape index (κ2) is 8.98. The Morgan fingerprint density at radius 2 is 1.95 bits per heavy atom. The zero-order chi connectivity index (χ0) is 14.5. The van der Waals surface area contributed by atoms with E-state index in [1.807, 2.05) is 6.92 Å². The van der Waals surface area contributed by atoms with Crippen molar-refractivity contribution in [3.8, 4) is 0 Å². The van der Waals surface area contributed by atoms with E-state index < -0.39 is 11.7 Å². The highest BCUT2D eigenvalue weighted by atomic mass is 35.5. The van der Waals surface area contributed by atoms with Crippen LogP contribution in [0.4, 0.5) is 13.2 Å². The van der Waals surface area contributed by atoms with Gasteiger partial charge in [0, 0.05) is 11.9 Å². The van der Waals surface area contributed by atoms with Crippen LogP contribution in [0.5, 0.6) is 0 Å². The minimum absolute atomic E-state index is 0. The van der Waals surface area contributed by atoms with E-state index >= 15 is 0 Å². The molecule has 7 heteroatoms. The van der Waals surface area contributed by atoms with Gasteiger partial charge < -0.3 is 5.32 Å². The van der Waals surface area contributed by atoms with Crippen LogP contribution in [0.25, 0.3) is 0 Å². The summed E-state index contributed by atoms with van der Waals surface area (Å²) in [7, 11) is 0. The number of rotatable bonds is 6. The Morgan fingerprint density at radius 1 is 1.30 bits per heavy atom. The Balaban J connectivity index is 0.00000361. The Hall–Kier alpha value is -0.160. The summed E-state index contributed by atoms with van der Waals surface area (Å²) >= 11 is 11.1. The van der Waals surface area contributed by atoms with Crippen LogP contribution >= 0.6 is 35.6 Å². The van der Waals surface area contributed by atoms with E-state index in [1.165, 1.54) is 6.07 Å². The normalized spacial score (nSPS) is 12.9. The van der Waals surface area contributed by atoms with Crippen molar-refractivity contribution in [1.82, 2.24) is 5.32 Å². The Morgan fingerprint density at radius 3 is 2.50 bits per heavy atom. The van der Waals surface area contributed by atoms with Crippen LogP contribution in [0.3, 0.4) is 0 Å². The highest BCUT2D eigenvalue weighted by molar-refractivity contribution is 6.31. The molecule has 0 amide bonds. The predicted octanol–water partition coefficient (Wildman–Crippen LogP) is 4.93. The SMILES string of the molecule is CC(Cc1ccc(Cl)c(C(F)(F)F)c1)NCCCCl.Cl. The molecule has 1 aromatic rings. The maximum Gasteiger partial charge on any atom is 0.417 e. The second-order valence-electron chi connectivity index (χ2n) is 4.41. The monoisotopic (exact) mass is 349 g/mol. The van der Waals surface area contributed by atoms with Gasteiger partial charge >= 0.3 is 6.18 Å². The lowest BCUT2D eigenvalue weighted by Crippen LogP contribution is -2.29. The van der Waals surface area contributed by atoms with Crippen molar-refractivity contribution >= 4 is 35.6 Å². The van der Waals surface area contributed by atoms with Crippen molar-refractivity contribution < 1.29 is 13.2 Å². The van der Waals surface area contributed by atoms with Crippen molar-refractivity contribution in [2.75, 3.05) is 12.4 Å². The average Bonchev–Trinajstić information content (AvgIpc) is 2.30. The molecule has 0 spiro atoms. The van der Waals surface area contributed by atoms with E-state index in [2.05, 4.69) is 5.32 Å². The van der Waals surface area contributed by atoms with Crippen LogP contribution in [-0.2, 0) is 12.6 Å². The van der Waals surface area contributed by atoms with Gasteiger partial charge in [-0.05, 0) is 44.0 Å². The molecule has 1 unspecified atom stereocenters. The molecular weight excluding hydrogens is 334 g/mol. The summed E-state index contributed by atoms with van der Waals surface area (Å²) in [6.07, 6.45) is -3.06. The molecule has 0 aromatic heterocycles. The molecule has 0 aliphatic carbocycles. The van der Waals surface area contributed by atoms with Crippen molar-refractivity contribution in [2.24, 2.45) is 0 Å². The lowest BCUT2D eigenvalue weighted by Gasteiger charge is -2.15. The van der Waals surface area contributed by atoms with Gasteiger partial charge in [0.05, 0.1) is 10.6 Å². The quantitative estimate of drug-likeness (QED) is 0.566. The zero-order valence-corrected chi connectivity index (χ0v) is 13.3. The lowest BCUT2D eigenvalue weighted by atomic mass is 10.0. The molecule has 1 atom stereocenters. The predicted molar refractivity (Wildman–Crippen MR) is 80.2 cm³/mol. The number of hydrogen-bond acceptors (Lipinski definition) is 1. The largest absolute Gasteiger partial charge is 0.417 e. The minimum Gasteiger partial charge on any atom is -0.314 e. The number of benzene rings is 1. The summed E-state index contributed by atoms with van der Waals surface area (Å²) in [4.78, 5) is 0. The Kier molecular flexibility index (Phi) is 8.91. The van der Waals surface area contributed by atoms with Gasteiger partial charge in [-0.25, -0.2) is 0 Å². The molecule has 20 heavy (non-hydrogen) atoms. The first-order chi connectivity index (χ1) is 8.84. The first-order valence-electron chi connectivity index (χ1n) is 5.99. The molecule has 1 aromatic carbocycles. The van der Waals surface area contributed by atoms with Gasteiger partial charge in [-0.15, -0.1) is 24.0 Å². The molecule has 1 N–H and O–H groups in total. The third-order valence-electron chi connectivity index (χ3n) is 2.68. The molecule has 0 radical (unpaired) electrons. The smallest absolute Gasteiger partial charge is 0.314 e. The van der Waals surface area contributed by atoms with E-state index in [0.717, 1.165) is 19.0 Å². The molecule has 116 valence electrons. The third kappa shape index (κ3) is 6.53. The highest BCUT2D eigenvalue weighted by Crippen LogP contribution is 2.35. The van der Waals surface area contributed by atoms with Crippen molar-refractivity contribution in [1.29, 1.82) is 0 Å². The number of halogens is 6. The molecular formula is C13H17Cl3F3N. The molecule has 0 aliphatic heterocycles. The molecule has 0 heterocycles. The van der Waals surface area contributed by atoms with Gasteiger partial charge in [0.1, 0.15) is 0 Å². The van der Waals surface area contributed by atoms with Crippen LogP contribution in [-0.4, -0.2) is 18.5 Å². The summed E-state index contributed by atoms with van der Waals surface area (Å²) < 4.78 is 38.1. The molecule has 0 saturated heterocycles. The fourth-order valence-corrected chi connectivity index (χ4v) is 2.12. The molecule has 1 rings (SSSR count). The van der Waals surface area contributed by atoms with E-state index in [-0.39, 0.29) is 23.5 Å². The maximum absolute atomic E-state index is 12.7. The van der Waals surface area contributed by atoms with Crippen LogP contribution in [0.2, 0.25) is 5.02 Å². The highest BCUT2D eigenvalue weighted by Gasteiger charge is 2.33. The van der Waals surface area contributed by atoms with Gasteiger partial charge in [-0.1, -0.05) is 17.7 Å². The summed E-state index contributed by atoms with van der Waals surface area (Å²) in [5, 5.41) is 2.94. The fourth-order valence-electron chi connectivity index (χ4n) is 1.76. The van der Waals surface area contributed by atoms with Gasteiger partial charge in [0.15, 0.2) is 0 Å². The lowest BCUT2D eigenvalue weighted by molar-refractivity contribution is -0.137. The van der Waals surface area contributed by atoms with Crippen molar-refractivity contribution in [2.45, 2.75) is 32.0 Å². The number of alkyl halides is 4. The van der Waals surface area contributed by atoms with Gasteiger partial charge in [0.25, 0.3) is 0 Å². The Labute approximate surface area is 133 Å². The summed E-state index contributed by atoms with van der Waals surface area (Å²) in [5.74, 6) is 0.568. The van der Waals surface area contributed by atoms with Crippen LogP contribution < -0.4 is 5.32 Å².